The predicted octanol–water partition coefficient (Wildman–Crippen LogP) is 1.98. The molecule has 5 nitrogen and oxygen atoms in total. The van der Waals surface area contributed by atoms with E-state index in [2.05, 4.69) is 24.3 Å². The maximum Gasteiger partial charge on any atom is 0.276 e. The highest BCUT2D eigenvalue weighted by Crippen LogP contribution is 2.17. The fourth-order valence-corrected chi connectivity index (χ4v) is 2.46. The third-order valence-electron chi connectivity index (χ3n) is 2.97. The van der Waals surface area contributed by atoms with Crippen molar-refractivity contribution >= 4 is 17.2 Å². The van der Waals surface area contributed by atoms with Crippen molar-refractivity contribution < 1.29 is 9.53 Å². The highest BCUT2D eigenvalue weighted by molar-refractivity contribution is 7.13. The molecule has 2 aromatic rings. The third-order valence-corrected chi connectivity index (χ3v) is 4.03. The number of hydrazine groups is 1. The Balaban J connectivity index is 1.88. The third kappa shape index (κ3) is 3.55. The van der Waals surface area contributed by atoms with Crippen molar-refractivity contribution in [1.82, 2.24) is 10.4 Å². The lowest BCUT2D eigenvalue weighted by atomic mass is 10.1. The van der Waals surface area contributed by atoms with Crippen LogP contribution in [0.25, 0.3) is 0 Å². The zero-order valence-corrected chi connectivity index (χ0v) is 12.3. The zero-order chi connectivity index (χ0) is 14.5. The minimum Gasteiger partial charge on any atom is -0.493 e. The summed E-state index contributed by atoms with van der Waals surface area (Å²) >= 11 is 1.32. The van der Waals surface area contributed by atoms with Crippen LogP contribution in [0.2, 0.25) is 0 Å². The van der Waals surface area contributed by atoms with Crippen molar-refractivity contribution in [3.63, 3.8) is 0 Å². The molecule has 0 fully saturated rings. The van der Waals surface area contributed by atoms with Gasteiger partial charge in [0.1, 0.15) is 10.6 Å². The van der Waals surface area contributed by atoms with Crippen LogP contribution in [0, 0.1) is 13.8 Å². The van der Waals surface area contributed by atoms with E-state index in [1.807, 2.05) is 18.2 Å². The molecule has 6 heteroatoms. The summed E-state index contributed by atoms with van der Waals surface area (Å²) in [7, 11) is 0. The number of nitrogens with two attached hydrogens (primary N) is 1. The van der Waals surface area contributed by atoms with E-state index in [0.29, 0.717) is 17.9 Å². The van der Waals surface area contributed by atoms with E-state index in [0.717, 1.165) is 10.8 Å². The average Bonchev–Trinajstić information content (AvgIpc) is 2.91. The minimum atomic E-state index is -0.316. The molecule has 1 heterocycles. The Hall–Kier alpha value is -1.92. The van der Waals surface area contributed by atoms with Crippen LogP contribution in [0.5, 0.6) is 5.75 Å². The van der Waals surface area contributed by atoms with Crippen LogP contribution >= 0.6 is 11.3 Å². The summed E-state index contributed by atoms with van der Waals surface area (Å²) in [4.78, 5) is 16.0. The first kappa shape index (κ1) is 14.5. The van der Waals surface area contributed by atoms with E-state index in [4.69, 9.17) is 10.6 Å². The smallest absolute Gasteiger partial charge is 0.276 e. The molecule has 0 aliphatic carbocycles. The number of nitrogens with one attached hydrogen (secondary N) is 1. The molecule has 0 unspecified atom stereocenters. The Morgan fingerprint density at radius 2 is 2.20 bits per heavy atom. The van der Waals surface area contributed by atoms with Crippen LogP contribution in [0.1, 0.15) is 25.8 Å². The molecule has 0 atom stereocenters. The zero-order valence-electron chi connectivity index (χ0n) is 11.5. The number of ether oxygens (including phenoxy) is 1. The standard InChI is InChI=1S/C14H17N3O2S/c1-9-3-4-11(7-10(9)2)19-6-5-13-16-8-12(20-13)14(18)17-15/h3-4,7-8H,5-6,15H2,1-2H3,(H,17,18). The molecule has 0 spiro atoms. The van der Waals surface area contributed by atoms with Gasteiger partial charge in [0.2, 0.25) is 0 Å². The number of nitrogen functional groups attached to an aromatic ring is 1. The van der Waals surface area contributed by atoms with Crippen LogP contribution in [0.15, 0.2) is 24.4 Å². The molecular weight excluding hydrogens is 274 g/mol. The normalized spacial score (nSPS) is 10.3. The maximum atomic E-state index is 11.3. The van der Waals surface area contributed by atoms with Gasteiger partial charge >= 0.3 is 0 Å². The average molecular weight is 291 g/mol. The second-order valence-corrected chi connectivity index (χ2v) is 5.55. The number of thiazole rings is 1. The molecule has 3 N–H and O–H groups in total. The van der Waals surface area contributed by atoms with Gasteiger partial charge in [-0.15, -0.1) is 11.3 Å². The first-order valence-electron chi connectivity index (χ1n) is 6.26. The summed E-state index contributed by atoms with van der Waals surface area (Å²) in [6, 6.07) is 6.01. The lowest BCUT2D eigenvalue weighted by molar-refractivity contribution is 0.0957. The van der Waals surface area contributed by atoms with Crippen LogP contribution < -0.4 is 16.0 Å². The number of carbonyl (C=O) groups is 1. The number of aryl methyl sites for hydroxylation is 2. The SMILES string of the molecule is Cc1ccc(OCCc2ncc(C(=O)NN)s2)cc1C. The number of nitrogens with zero attached hydrogens (tertiary/aromatic N) is 1. The number of rotatable bonds is 5. The second-order valence-electron chi connectivity index (χ2n) is 4.44. The molecule has 0 saturated carbocycles. The number of hydrogen-bond acceptors (Lipinski definition) is 5. The fourth-order valence-electron chi connectivity index (χ4n) is 1.66. The monoisotopic (exact) mass is 291 g/mol. The van der Waals surface area contributed by atoms with Crippen molar-refractivity contribution in [2.45, 2.75) is 20.3 Å². The van der Waals surface area contributed by atoms with Gasteiger partial charge in [-0.1, -0.05) is 6.07 Å². The van der Waals surface area contributed by atoms with Crippen molar-refractivity contribution in [3.05, 3.63) is 45.4 Å². The molecular formula is C14H17N3O2S. The van der Waals surface area contributed by atoms with Gasteiger partial charge in [-0.2, -0.15) is 0 Å². The van der Waals surface area contributed by atoms with Gasteiger partial charge in [-0.3, -0.25) is 10.2 Å². The van der Waals surface area contributed by atoms with E-state index in [9.17, 15) is 4.79 Å². The lowest BCUT2D eigenvalue weighted by Gasteiger charge is -2.07. The molecule has 1 aromatic heterocycles. The van der Waals surface area contributed by atoms with Gasteiger partial charge in [0, 0.05) is 6.42 Å². The van der Waals surface area contributed by atoms with Gasteiger partial charge in [-0.25, -0.2) is 10.8 Å². The Labute approximate surface area is 121 Å². The highest BCUT2D eigenvalue weighted by atomic mass is 32.1. The Morgan fingerprint density at radius 3 is 2.90 bits per heavy atom. The largest absolute Gasteiger partial charge is 0.493 e. The van der Waals surface area contributed by atoms with E-state index in [1.54, 1.807) is 0 Å². The van der Waals surface area contributed by atoms with Crippen molar-refractivity contribution in [2.75, 3.05) is 6.61 Å². The summed E-state index contributed by atoms with van der Waals surface area (Å²) in [5, 5.41) is 0.854. The number of aromatic nitrogens is 1. The highest BCUT2D eigenvalue weighted by Gasteiger charge is 2.09. The van der Waals surface area contributed by atoms with E-state index >= 15 is 0 Å². The Morgan fingerprint density at radius 1 is 1.40 bits per heavy atom. The molecule has 1 amide bonds. The molecule has 0 radical (unpaired) electrons. The second kappa shape index (κ2) is 6.49. The molecule has 106 valence electrons. The van der Waals surface area contributed by atoms with Crippen molar-refractivity contribution in [2.24, 2.45) is 5.84 Å². The first-order chi connectivity index (χ1) is 9.60. The number of hydrogen-bond donors (Lipinski definition) is 2. The molecule has 0 saturated heterocycles. The summed E-state index contributed by atoms with van der Waals surface area (Å²) in [6.07, 6.45) is 2.19. The number of carbonyl (C=O) groups excluding carboxylic acids is 1. The summed E-state index contributed by atoms with van der Waals surface area (Å²) in [5.41, 5.74) is 4.54. The quantitative estimate of drug-likeness (QED) is 0.502. The van der Waals surface area contributed by atoms with Crippen LogP contribution in [-0.4, -0.2) is 17.5 Å². The van der Waals surface area contributed by atoms with E-state index in [-0.39, 0.29) is 5.91 Å². The van der Waals surface area contributed by atoms with Crippen molar-refractivity contribution in [3.8, 4) is 5.75 Å². The Kier molecular flexibility index (Phi) is 4.70. The van der Waals surface area contributed by atoms with Gasteiger partial charge in [0.25, 0.3) is 5.91 Å². The van der Waals surface area contributed by atoms with Gasteiger partial charge in [-0.05, 0) is 37.1 Å². The van der Waals surface area contributed by atoms with Gasteiger partial charge in [0.05, 0.1) is 17.8 Å². The molecule has 0 aliphatic heterocycles. The van der Waals surface area contributed by atoms with E-state index < -0.39 is 0 Å². The minimum absolute atomic E-state index is 0.316. The summed E-state index contributed by atoms with van der Waals surface area (Å²) in [5.74, 6) is 5.61. The fraction of sp³-hybridized carbons (Fsp3) is 0.286. The summed E-state index contributed by atoms with van der Waals surface area (Å²) in [6.45, 7) is 4.65. The lowest BCUT2D eigenvalue weighted by Crippen LogP contribution is -2.29. The number of benzene rings is 1. The number of amides is 1. The van der Waals surface area contributed by atoms with Crippen LogP contribution in [0.4, 0.5) is 0 Å². The molecule has 2 rings (SSSR count). The summed E-state index contributed by atoms with van der Waals surface area (Å²) < 4.78 is 5.68. The maximum absolute atomic E-state index is 11.3. The van der Waals surface area contributed by atoms with Gasteiger partial charge in [0.15, 0.2) is 0 Å². The van der Waals surface area contributed by atoms with Gasteiger partial charge < -0.3 is 4.74 Å². The topological polar surface area (TPSA) is 77.2 Å². The van der Waals surface area contributed by atoms with Crippen molar-refractivity contribution in [1.29, 1.82) is 0 Å². The first-order valence-corrected chi connectivity index (χ1v) is 7.07. The molecule has 0 aliphatic rings. The van der Waals surface area contributed by atoms with E-state index in [1.165, 1.54) is 28.7 Å². The molecule has 0 bridgehead atoms. The van der Waals surface area contributed by atoms with Crippen LogP contribution in [-0.2, 0) is 6.42 Å². The van der Waals surface area contributed by atoms with Crippen LogP contribution in [0.3, 0.4) is 0 Å². The Bertz CT molecular complexity index is 610. The molecule has 20 heavy (non-hydrogen) atoms. The predicted molar refractivity (Wildman–Crippen MR) is 78.9 cm³/mol. The molecule has 1 aromatic carbocycles.